The van der Waals surface area contributed by atoms with Crippen LogP contribution in [0.2, 0.25) is 0 Å². The highest BCUT2D eigenvalue weighted by atomic mass is 16.4. The number of aliphatic hydroxyl groups excluding tert-OH is 2. The van der Waals surface area contributed by atoms with Gasteiger partial charge in [-0.2, -0.15) is 0 Å². The maximum atomic E-state index is 10.2. The van der Waals surface area contributed by atoms with Crippen molar-refractivity contribution in [3.63, 3.8) is 0 Å². The van der Waals surface area contributed by atoms with Gasteiger partial charge >= 0.3 is 0 Å². The molecule has 0 aromatic carbocycles. The van der Waals surface area contributed by atoms with E-state index >= 15 is 0 Å². The molecular weight excluding hydrogens is 148 g/mol. The van der Waals surface area contributed by atoms with Crippen molar-refractivity contribution in [2.75, 3.05) is 6.61 Å². The van der Waals surface area contributed by atoms with Crippen LogP contribution < -0.4 is 0 Å². The van der Waals surface area contributed by atoms with Crippen LogP contribution >= 0.6 is 0 Å². The van der Waals surface area contributed by atoms with Crippen LogP contribution in [-0.4, -0.2) is 39.9 Å². The van der Waals surface area contributed by atoms with Crippen LogP contribution in [0.15, 0.2) is 0 Å². The zero-order chi connectivity index (χ0) is 9.07. The summed E-state index contributed by atoms with van der Waals surface area (Å²) in [6, 6.07) is 0. The van der Waals surface area contributed by atoms with E-state index in [1.807, 2.05) is 0 Å². The minimum atomic E-state index is -1.60. The summed E-state index contributed by atoms with van der Waals surface area (Å²) in [5, 5.41) is 27.0. The molecule has 0 rings (SSSR count). The second-order valence-corrected chi connectivity index (χ2v) is 2.96. The van der Waals surface area contributed by atoms with Crippen LogP contribution in [0.1, 0.15) is 13.8 Å². The second kappa shape index (κ2) is 3.80. The third-order valence-corrected chi connectivity index (χ3v) is 1.67. The number of carbonyl (C=O) groups excluding carboxylic acids is 1. The molecule has 0 saturated carbocycles. The fourth-order valence-corrected chi connectivity index (χ4v) is 0.734. The molecule has 0 amide bonds. The van der Waals surface area contributed by atoms with Crippen LogP contribution in [0.4, 0.5) is 0 Å². The average molecular weight is 162 g/mol. The second-order valence-electron chi connectivity index (χ2n) is 2.96. The first-order valence-electron chi connectivity index (χ1n) is 3.42. The Morgan fingerprint density at radius 2 is 2.09 bits per heavy atom. The summed E-state index contributed by atoms with van der Waals surface area (Å²) in [6.45, 7) is 2.19. The van der Waals surface area contributed by atoms with E-state index in [2.05, 4.69) is 0 Å². The first kappa shape index (κ1) is 10.6. The molecule has 3 atom stereocenters. The maximum Gasteiger partial charge on any atom is 0.125 e. The van der Waals surface area contributed by atoms with Gasteiger partial charge in [0.1, 0.15) is 11.9 Å². The first-order valence-corrected chi connectivity index (χ1v) is 3.42. The molecule has 0 saturated heterocycles. The number of carbonyl (C=O) groups is 1. The molecule has 4 nitrogen and oxygen atoms in total. The lowest BCUT2D eigenvalue weighted by atomic mass is 9.91. The lowest BCUT2D eigenvalue weighted by Crippen LogP contribution is -2.46. The normalized spacial score (nSPS) is 21.9. The molecule has 0 heterocycles. The minimum Gasteiger partial charge on any atom is -0.393 e. The van der Waals surface area contributed by atoms with E-state index in [0.29, 0.717) is 6.29 Å². The van der Waals surface area contributed by atoms with Gasteiger partial charge in [0.2, 0.25) is 0 Å². The van der Waals surface area contributed by atoms with E-state index in [9.17, 15) is 15.0 Å². The highest BCUT2D eigenvalue weighted by molar-refractivity contribution is 5.54. The molecule has 0 aliphatic carbocycles. The van der Waals surface area contributed by atoms with Gasteiger partial charge in [-0.05, 0) is 6.92 Å². The molecule has 0 radical (unpaired) electrons. The van der Waals surface area contributed by atoms with Crippen LogP contribution in [0.5, 0.6) is 0 Å². The van der Waals surface area contributed by atoms with Crippen molar-refractivity contribution in [1.82, 2.24) is 0 Å². The Kier molecular flexibility index (Phi) is 3.65. The summed E-state index contributed by atoms with van der Waals surface area (Å²) in [5.41, 5.74) is -1.60. The Morgan fingerprint density at radius 1 is 1.64 bits per heavy atom. The Hall–Kier alpha value is -0.450. The molecule has 0 aromatic rings. The van der Waals surface area contributed by atoms with E-state index in [0.717, 1.165) is 0 Å². The fraction of sp³-hybridized carbons (Fsp3) is 0.857. The molecule has 0 unspecified atom stereocenters. The minimum absolute atomic E-state index is 0.537. The predicted octanol–water partition coefficient (Wildman–Crippen LogP) is -1.07. The van der Waals surface area contributed by atoms with Crippen LogP contribution in [-0.2, 0) is 4.79 Å². The molecular formula is C7H14O4. The molecule has 3 N–H and O–H groups in total. The Bertz CT molecular complexity index is 132. The molecule has 0 fully saturated rings. The third-order valence-electron chi connectivity index (χ3n) is 1.67. The van der Waals surface area contributed by atoms with Crippen LogP contribution in [0.25, 0.3) is 0 Å². The van der Waals surface area contributed by atoms with Gasteiger partial charge in [-0.3, -0.25) is 0 Å². The third kappa shape index (κ3) is 2.57. The quantitative estimate of drug-likeness (QED) is 0.460. The van der Waals surface area contributed by atoms with Crippen LogP contribution in [0, 0.1) is 5.92 Å². The highest BCUT2D eigenvalue weighted by Crippen LogP contribution is 2.15. The van der Waals surface area contributed by atoms with Gasteiger partial charge in [0.15, 0.2) is 0 Å². The molecule has 0 aromatic heterocycles. The standard InChI is InChI=1S/C7H14O4/c1-5(3-8)6(10)7(2,11)4-9/h3,5-6,9-11H,4H2,1-2H3/t5-,6+,7-/m0/s1. The van der Waals surface area contributed by atoms with Crippen molar-refractivity contribution in [3.8, 4) is 0 Å². The molecule has 66 valence electrons. The van der Waals surface area contributed by atoms with Gasteiger partial charge in [0.25, 0.3) is 0 Å². The van der Waals surface area contributed by atoms with Gasteiger partial charge in [-0.25, -0.2) is 0 Å². The zero-order valence-corrected chi connectivity index (χ0v) is 6.69. The summed E-state index contributed by atoms with van der Waals surface area (Å²) in [6.07, 6.45) is -0.681. The van der Waals surface area contributed by atoms with E-state index in [1.54, 1.807) is 0 Å². The van der Waals surface area contributed by atoms with Gasteiger partial charge in [0.05, 0.1) is 12.7 Å². The lowest BCUT2D eigenvalue weighted by Gasteiger charge is -2.28. The van der Waals surface area contributed by atoms with Crippen molar-refractivity contribution in [2.45, 2.75) is 25.6 Å². The van der Waals surface area contributed by atoms with Crippen molar-refractivity contribution in [1.29, 1.82) is 0 Å². The number of aldehydes is 1. The smallest absolute Gasteiger partial charge is 0.125 e. The summed E-state index contributed by atoms with van der Waals surface area (Å²) in [4.78, 5) is 10.2. The highest BCUT2D eigenvalue weighted by Gasteiger charge is 2.33. The maximum absolute atomic E-state index is 10.2. The fourth-order valence-electron chi connectivity index (χ4n) is 0.734. The van der Waals surface area contributed by atoms with Crippen molar-refractivity contribution < 1.29 is 20.1 Å². The number of rotatable bonds is 4. The summed E-state index contributed by atoms with van der Waals surface area (Å²) in [7, 11) is 0. The Balaban J connectivity index is 4.21. The van der Waals surface area contributed by atoms with Gasteiger partial charge in [-0.15, -0.1) is 0 Å². The number of hydrogen-bond acceptors (Lipinski definition) is 4. The monoisotopic (exact) mass is 162 g/mol. The predicted molar refractivity (Wildman–Crippen MR) is 38.9 cm³/mol. The average Bonchev–Trinajstić information content (AvgIpc) is 2.01. The SMILES string of the molecule is C[C@@H](C=O)[C@@H](O)[C@@](C)(O)CO. The molecule has 11 heavy (non-hydrogen) atoms. The molecule has 4 heteroatoms. The largest absolute Gasteiger partial charge is 0.393 e. The topological polar surface area (TPSA) is 77.8 Å². The first-order chi connectivity index (χ1) is 4.95. The zero-order valence-electron chi connectivity index (χ0n) is 6.69. The van der Waals surface area contributed by atoms with Crippen LogP contribution in [0.3, 0.4) is 0 Å². The lowest BCUT2D eigenvalue weighted by molar-refractivity contribution is -0.131. The van der Waals surface area contributed by atoms with Crippen molar-refractivity contribution in [3.05, 3.63) is 0 Å². The Morgan fingerprint density at radius 3 is 2.36 bits per heavy atom. The van der Waals surface area contributed by atoms with E-state index in [-0.39, 0.29) is 0 Å². The summed E-state index contributed by atoms with van der Waals surface area (Å²) in [5.74, 6) is -0.669. The molecule has 0 aliphatic heterocycles. The van der Waals surface area contributed by atoms with E-state index in [1.165, 1.54) is 13.8 Å². The number of aliphatic hydroxyl groups is 3. The van der Waals surface area contributed by atoms with Gasteiger partial charge in [0, 0.05) is 5.92 Å². The molecule has 0 spiro atoms. The summed E-state index contributed by atoms with van der Waals surface area (Å²) >= 11 is 0. The molecule has 0 aliphatic rings. The van der Waals surface area contributed by atoms with E-state index in [4.69, 9.17) is 5.11 Å². The van der Waals surface area contributed by atoms with Gasteiger partial charge in [-0.1, -0.05) is 6.92 Å². The van der Waals surface area contributed by atoms with Gasteiger partial charge < -0.3 is 20.1 Å². The number of hydrogen-bond donors (Lipinski definition) is 3. The van der Waals surface area contributed by atoms with E-state index < -0.39 is 24.2 Å². The molecule has 0 bridgehead atoms. The van der Waals surface area contributed by atoms with Crippen molar-refractivity contribution >= 4 is 6.29 Å². The van der Waals surface area contributed by atoms with Crippen molar-refractivity contribution in [2.24, 2.45) is 5.92 Å². The summed E-state index contributed by atoms with van der Waals surface area (Å²) < 4.78 is 0. The Labute approximate surface area is 65.5 Å².